The Morgan fingerprint density at radius 3 is 2.77 bits per heavy atom. The molecule has 2 aliphatic rings. The van der Waals surface area contributed by atoms with Crippen molar-refractivity contribution in [1.82, 2.24) is 19.7 Å². The molecule has 1 aliphatic heterocycles. The van der Waals surface area contributed by atoms with Gasteiger partial charge in [-0.3, -0.25) is 9.32 Å². The molecule has 2 fully saturated rings. The number of nitrogens with one attached hydrogen (secondary N) is 1. The number of nitrogen functional groups attached to an aromatic ring is 1. The lowest BCUT2D eigenvalue weighted by Crippen LogP contribution is -2.41. The topological polar surface area (TPSA) is 204 Å². The van der Waals surface area contributed by atoms with E-state index in [9.17, 15) is 24.8 Å². The normalized spacial score (nSPS) is 25.6. The Kier molecular flexibility index (Phi) is 8.02. The van der Waals surface area contributed by atoms with Gasteiger partial charge in [-0.2, -0.15) is 15.4 Å². The van der Waals surface area contributed by atoms with E-state index in [2.05, 4.69) is 15.2 Å². The Morgan fingerprint density at radius 2 is 2.02 bits per heavy atom. The van der Waals surface area contributed by atoms with Crippen molar-refractivity contribution in [1.29, 1.82) is 5.26 Å². The summed E-state index contributed by atoms with van der Waals surface area (Å²) in [6.07, 6.45) is -1.28. The van der Waals surface area contributed by atoms with E-state index >= 15 is 0 Å². The lowest BCUT2D eigenvalue weighted by Gasteiger charge is -2.28. The second-order valence-corrected chi connectivity index (χ2v) is 12.5. The number of aromatic nitrogens is 3. The summed E-state index contributed by atoms with van der Waals surface area (Å²) in [5, 5.41) is 40.5. The third-order valence-electron chi connectivity index (χ3n) is 7.90. The quantitative estimate of drug-likeness (QED) is 0.149. The summed E-state index contributed by atoms with van der Waals surface area (Å²) >= 11 is 0. The van der Waals surface area contributed by atoms with Crippen LogP contribution in [0.15, 0.2) is 60.9 Å². The van der Waals surface area contributed by atoms with Gasteiger partial charge in [0.05, 0.1) is 12.3 Å². The Bertz CT molecular complexity index is 1790. The number of hydrogen-bond donors (Lipinski definition) is 4. The number of aliphatic hydroxyl groups excluding tert-OH is 2. The molecule has 3 heterocycles. The first-order valence-electron chi connectivity index (χ1n) is 14.1. The first-order chi connectivity index (χ1) is 21.1. The summed E-state index contributed by atoms with van der Waals surface area (Å²) in [6, 6.07) is 16.3. The molecule has 1 saturated carbocycles. The molecule has 5 N–H and O–H groups in total. The second kappa shape index (κ2) is 11.8. The van der Waals surface area contributed by atoms with Crippen LogP contribution in [0.5, 0.6) is 5.75 Å². The van der Waals surface area contributed by atoms with Crippen molar-refractivity contribution in [3.05, 3.63) is 66.6 Å². The fourth-order valence-corrected chi connectivity index (χ4v) is 6.78. The molecule has 0 bridgehead atoms. The summed E-state index contributed by atoms with van der Waals surface area (Å²) in [5.41, 5.74) is 4.29. The van der Waals surface area contributed by atoms with Gasteiger partial charge in [-0.25, -0.2) is 14.1 Å². The van der Waals surface area contributed by atoms with Crippen molar-refractivity contribution >= 4 is 35.8 Å². The van der Waals surface area contributed by atoms with Crippen molar-refractivity contribution in [2.24, 2.45) is 0 Å². The third-order valence-corrected chi connectivity index (χ3v) is 9.53. The molecule has 1 saturated heterocycles. The van der Waals surface area contributed by atoms with Gasteiger partial charge in [0, 0.05) is 5.39 Å². The number of rotatable bonds is 10. The highest BCUT2D eigenvalue weighted by Crippen LogP contribution is 2.48. The van der Waals surface area contributed by atoms with Crippen molar-refractivity contribution < 1.29 is 38.1 Å². The summed E-state index contributed by atoms with van der Waals surface area (Å²) < 4.78 is 38.7. The fourth-order valence-electron chi connectivity index (χ4n) is 5.26. The summed E-state index contributed by atoms with van der Waals surface area (Å²) in [5.74, 6) is -0.276. The van der Waals surface area contributed by atoms with E-state index in [0.717, 1.165) is 24.6 Å². The molecule has 6 atom stereocenters. The lowest BCUT2D eigenvalue weighted by molar-refractivity contribution is -0.154. The smallest absolute Gasteiger partial charge is 0.459 e. The van der Waals surface area contributed by atoms with Gasteiger partial charge in [-0.15, -0.1) is 0 Å². The van der Waals surface area contributed by atoms with Crippen LogP contribution >= 0.6 is 7.75 Å². The third kappa shape index (κ3) is 5.39. The number of carbonyl (C=O) groups is 1. The number of fused-ring (bicyclic) bond motifs is 2. The van der Waals surface area contributed by atoms with E-state index in [-0.39, 0.29) is 23.4 Å². The van der Waals surface area contributed by atoms with Gasteiger partial charge in [0.25, 0.3) is 0 Å². The van der Waals surface area contributed by atoms with Gasteiger partial charge in [-0.1, -0.05) is 36.4 Å². The van der Waals surface area contributed by atoms with Crippen LogP contribution in [0.2, 0.25) is 0 Å². The van der Waals surface area contributed by atoms with Crippen molar-refractivity contribution in [2.75, 3.05) is 12.3 Å². The van der Waals surface area contributed by atoms with Crippen LogP contribution in [-0.4, -0.2) is 67.8 Å². The molecule has 0 radical (unpaired) electrons. The van der Waals surface area contributed by atoms with Crippen LogP contribution in [0.1, 0.15) is 31.9 Å². The zero-order valence-electron chi connectivity index (χ0n) is 23.6. The van der Waals surface area contributed by atoms with Gasteiger partial charge in [-0.05, 0) is 49.8 Å². The number of nitrogens with zero attached hydrogens (tertiary/aromatic N) is 4. The predicted molar refractivity (Wildman–Crippen MR) is 156 cm³/mol. The van der Waals surface area contributed by atoms with Crippen LogP contribution in [-0.2, 0) is 29.0 Å². The lowest BCUT2D eigenvalue weighted by atomic mass is 9.92. The van der Waals surface area contributed by atoms with E-state index in [1.165, 1.54) is 23.8 Å². The molecule has 230 valence electrons. The fraction of sp³-hybridized carbons (Fsp3) is 0.379. The van der Waals surface area contributed by atoms with Gasteiger partial charge in [0.2, 0.25) is 5.60 Å². The van der Waals surface area contributed by atoms with Crippen LogP contribution < -0.4 is 15.3 Å². The molecule has 15 heteroatoms. The Labute approximate surface area is 251 Å². The Morgan fingerprint density at radius 1 is 1.25 bits per heavy atom. The SMILES string of the molecule is C[C@H](NP(=O)(OC[C@H]1O[C@@](C#N)(c2ccc3c(N)ncnn23)[C@H](O)[C@@H]1O)Oc1cccc2ccccc12)C(=O)OC1CCC1. The van der Waals surface area contributed by atoms with Crippen molar-refractivity contribution in [3.63, 3.8) is 0 Å². The van der Waals surface area contributed by atoms with E-state index in [1.54, 1.807) is 30.3 Å². The van der Waals surface area contributed by atoms with E-state index in [1.807, 2.05) is 24.3 Å². The first kappa shape index (κ1) is 30.0. The molecule has 44 heavy (non-hydrogen) atoms. The van der Waals surface area contributed by atoms with E-state index in [4.69, 9.17) is 24.3 Å². The largest absolute Gasteiger partial charge is 0.461 e. The molecule has 0 spiro atoms. The van der Waals surface area contributed by atoms with Crippen molar-refractivity contribution in [2.45, 2.75) is 62.2 Å². The van der Waals surface area contributed by atoms with Gasteiger partial charge in [0.15, 0.2) is 5.82 Å². The number of benzene rings is 2. The molecule has 14 nitrogen and oxygen atoms in total. The average molecular weight is 623 g/mol. The molecule has 6 rings (SSSR count). The molecule has 2 aromatic carbocycles. The average Bonchev–Trinajstić information content (AvgIpc) is 3.54. The molecule has 0 amide bonds. The van der Waals surface area contributed by atoms with E-state index < -0.39 is 50.3 Å². The van der Waals surface area contributed by atoms with Gasteiger partial charge >= 0.3 is 13.7 Å². The number of esters is 1. The summed E-state index contributed by atoms with van der Waals surface area (Å²) in [7, 11) is -4.39. The molecule has 1 aliphatic carbocycles. The van der Waals surface area contributed by atoms with Crippen LogP contribution in [0.25, 0.3) is 16.3 Å². The van der Waals surface area contributed by atoms with Crippen LogP contribution in [0, 0.1) is 11.3 Å². The standard InChI is InChI=1S/C29H31N6O8P/c1-17(28(38)41-19-8-5-9-19)34-44(39,43-22-11-4-7-18-6-2-3-10-20(18)22)40-14-23-25(36)26(37)29(15-30,42-23)24-13-12-21-27(31)32-16-33-35(21)24/h2-4,6-7,10-13,16-17,19,23,25-26,36-37H,5,8-9,14H2,1H3,(H,34,39)(H2,31,32,33)/t17-,23+,25+,26+,29-,44?/m0/s1. The maximum Gasteiger partial charge on any atom is 0.459 e. The van der Waals surface area contributed by atoms with Crippen LogP contribution in [0.4, 0.5) is 5.82 Å². The molecular weight excluding hydrogens is 591 g/mol. The minimum absolute atomic E-state index is 0.0961. The number of nitriles is 1. The predicted octanol–water partition coefficient (Wildman–Crippen LogP) is 2.58. The number of aliphatic hydroxyl groups is 2. The minimum atomic E-state index is -4.39. The highest BCUT2D eigenvalue weighted by Gasteiger charge is 2.58. The number of carbonyl (C=O) groups excluding carboxylic acids is 1. The van der Waals surface area contributed by atoms with Gasteiger partial charge < -0.3 is 29.9 Å². The van der Waals surface area contributed by atoms with Gasteiger partial charge in [0.1, 0.15) is 54.1 Å². The minimum Gasteiger partial charge on any atom is -0.461 e. The maximum absolute atomic E-state index is 14.3. The number of anilines is 1. The summed E-state index contributed by atoms with van der Waals surface area (Å²) in [4.78, 5) is 16.7. The number of ether oxygens (including phenoxy) is 2. The number of hydrogen-bond acceptors (Lipinski definition) is 12. The highest BCUT2D eigenvalue weighted by molar-refractivity contribution is 7.52. The monoisotopic (exact) mass is 622 g/mol. The zero-order chi connectivity index (χ0) is 31.1. The Hall–Kier alpha value is -4.09. The Balaban J connectivity index is 1.26. The maximum atomic E-state index is 14.3. The highest BCUT2D eigenvalue weighted by atomic mass is 31.2. The molecular formula is C29H31N6O8P. The number of nitrogens with two attached hydrogens (primary N) is 1. The summed E-state index contributed by atoms with van der Waals surface area (Å²) in [6.45, 7) is 0.877. The van der Waals surface area contributed by atoms with E-state index in [0.29, 0.717) is 10.9 Å². The zero-order valence-corrected chi connectivity index (χ0v) is 24.5. The first-order valence-corrected chi connectivity index (χ1v) is 15.6. The van der Waals surface area contributed by atoms with Crippen molar-refractivity contribution in [3.8, 4) is 11.8 Å². The molecule has 4 aromatic rings. The van der Waals surface area contributed by atoms with Crippen LogP contribution in [0.3, 0.4) is 0 Å². The molecule has 2 aromatic heterocycles. The molecule has 1 unspecified atom stereocenters. The second-order valence-electron chi connectivity index (χ2n) is 10.8.